The molecule has 1 saturated carbocycles. The van der Waals surface area contributed by atoms with Crippen LogP contribution < -0.4 is 0 Å². The summed E-state index contributed by atoms with van der Waals surface area (Å²) < 4.78 is 27.4. The van der Waals surface area contributed by atoms with Gasteiger partial charge in [0.15, 0.2) is 0 Å². The van der Waals surface area contributed by atoms with Gasteiger partial charge in [-0.3, -0.25) is 4.79 Å². The molecule has 1 amide bonds. The van der Waals surface area contributed by atoms with Crippen molar-refractivity contribution < 1.29 is 13.2 Å². The van der Waals surface area contributed by atoms with Crippen molar-refractivity contribution in [3.8, 4) is 12.3 Å². The molecular formula is C22H30N2O3S. The number of benzene rings is 1. The molecule has 0 bridgehead atoms. The molecule has 1 heterocycles. The molecule has 6 heteroatoms. The number of carbonyl (C=O) groups is 1. The highest BCUT2D eigenvalue weighted by Crippen LogP contribution is 2.25. The molecule has 0 spiro atoms. The molecule has 28 heavy (non-hydrogen) atoms. The average Bonchev–Trinajstić information content (AvgIpc) is 3.02. The second kappa shape index (κ2) is 9.58. The Balaban J connectivity index is 1.76. The van der Waals surface area contributed by atoms with Gasteiger partial charge in [-0.05, 0) is 49.9 Å². The Labute approximate surface area is 169 Å². The van der Waals surface area contributed by atoms with Gasteiger partial charge < -0.3 is 4.90 Å². The zero-order valence-corrected chi connectivity index (χ0v) is 17.3. The van der Waals surface area contributed by atoms with Crippen molar-refractivity contribution in [1.29, 1.82) is 0 Å². The maximum absolute atomic E-state index is 13.0. The quantitative estimate of drug-likeness (QED) is 0.706. The number of hydrogen-bond donors (Lipinski definition) is 0. The fraction of sp³-hybridized carbons (Fsp3) is 0.591. The van der Waals surface area contributed by atoms with Crippen LogP contribution in [0.3, 0.4) is 0 Å². The number of carbonyl (C=O) groups excluding carboxylic acids is 1. The summed E-state index contributed by atoms with van der Waals surface area (Å²) in [5.41, 5.74) is 0.496. The Bertz CT molecular complexity index is 797. The fourth-order valence-corrected chi connectivity index (χ4v) is 5.74. The van der Waals surface area contributed by atoms with E-state index < -0.39 is 10.0 Å². The highest BCUT2D eigenvalue weighted by atomic mass is 32.2. The third kappa shape index (κ3) is 4.76. The smallest absolute Gasteiger partial charge is 0.254 e. The lowest BCUT2D eigenvalue weighted by molar-refractivity contribution is 0.0667. The summed E-state index contributed by atoms with van der Waals surface area (Å²) in [5, 5.41) is 0. The molecule has 5 nitrogen and oxygen atoms in total. The molecule has 1 aliphatic heterocycles. The Hall–Kier alpha value is -1.84. The van der Waals surface area contributed by atoms with E-state index in [1.165, 1.54) is 6.42 Å². The van der Waals surface area contributed by atoms with Crippen LogP contribution >= 0.6 is 0 Å². The summed E-state index contributed by atoms with van der Waals surface area (Å²) in [6.07, 6.45) is 14.9. The predicted molar refractivity (Wildman–Crippen MR) is 110 cm³/mol. The summed E-state index contributed by atoms with van der Waals surface area (Å²) >= 11 is 0. The van der Waals surface area contributed by atoms with E-state index in [9.17, 15) is 13.2 Å². The second-order valence-electron chi connectivity index (χ2n) is 7.77. The number of sulfonamides is 1. The largest absolute Gasteiger partial charge is 0.325 e. The van der Waals surface area contributed by atoms with Crippen molar-refractivity contribution >= 4 is 15.9 Å². The van der Waals surface area contributed by atoms with Crippen LogP contribution in [0.1, 0.15) is 68.1 Å². The summed E-state index contributed by atoms with van der Waals surface area (Å²) in [4.78, 5) is 15.0. The molecule has 1 aromatic rings. The lowest BCUT2D eigenvalue weighted by Gasteiger charge is -2.33. The maximum Gasteiger partial charge on any atom is 0.254 e. The molecule has 0 N–H and O–H groups in total. The van der Waals surface area contributed by atoms with Crippen molar-refractivity contribution in [2.45, 2.75) is 68.7 Å². The van der Waals surface area contributed by atoms with Crippen LogP contribution in [0.25, 0.3) is 0 Å². The maximum atomic E-state index is 13.0. The first-order valence-electron chi connectivity index (χ1n) is 10.4. The van der Waals surface area contributed by atoms with Gasteiger partial charge in [0, 0.05) is 24.7 Å². The Morgan fingerprint density at radius 1 is 1.00 bits per heavy atom. The third-order valence-electron chi connectivity index (χ3n) is 5.84. The summed E-state index contributed by atoms with van der Waals surface area (Å²) in [7, 11) is -3.50. The van der Waals surface area contributed by atoms with E-state index >= 15 is 0 Å². The summed E-state index contributed by atoms with van der Waals surface area (Å²) in [5.74, 6) is 2.50. The minimum atomic E-state index is -3.50. The molecular weight excluding hydrogens is 372 g/mol. The van der Waals surface area contributed by atoms with E-state index in [-0.39, 0.29) is 23.4 Å². The highest BCUT2D eigenvalue weighted by Gasteiger charge is 2.28. The number of nitrogens with zero attached hydrogens (tertiary/aromatic N) is 2. The third-order valence-corrected chi connectivity index (χ3v) is 7.75. The van der Waals surface area contributed by atoms with Gasteiger partial charge in [0.2, 0.25) is 10.0 Å². The van der Waals surface area contributed by atoms with Crippen LogP contribution in [0.4, 0.5) is 0 Å². The molecule has 3 rings (SSSR count). The van der Waals surface area contributed by atoms with E-state index in [2.05, 4.69) is 5.92 Å². The SMILES string of the molecule is C#CCN(C(=O)c1ccc(S(=O)(=O)N2CCCCCC2)cc1)C1CCCCC1. The summed E-state index contributed by atoms with van der Waals surface area (Å²) in [6, 6.07) is 6.54. The molecule has 152 valence electrons. The lowest BCUT2D eigenvalue weighted by Crippen LogP contribution is -2.41. The van der Waals surface area contributed by atoms with Crippen LogP contribution in [0.15, 0.2) is 29.2 Å². The molecule has 0 atom stereocenters. The minimum absolute atomic E-state index is 0.108. The molecule has 1 aliphatic carbocycles. The average molecular weight is 403 g/mol. The van der Waals surface area contributed by atoms with Crippen LogP contribution in [-0.4, -0.2) is 49.2 Å². The van der Waals surface area contributed by atoms with Gasteiger partial charge >= 0.3 is 0 Å². The zero-order chi connectivity index (χ0) is 20.0. The minimum Gasteiger partial charge on any atom is -0.325 e. The Morgan fingerprint density at radius 2 is 1.57 bits per heavy atom. The van der Waals surface area contributed by atoms with Crippen molar-refractivity contribution in [1.82, 2.24) is 9.21 Å². The predicted octanol–water partition coefficient (Wildman–Crippen LogP) is 3.66. The van der Waals surface area contributed by atoms with Gasteiger partial charge in [-0.1, -0.05) is 38.0 Å². The van der Waals surface area contributed by atoms with Gasteiger partial charge in [-0.15, -0.1) is 6.42 Å². The van der Waals surface area contributed by atoms with Crippen LogP contribution in [0, 0.1) is 12.3 Å². The van der Waals surface area contributed by atoms with Gasteiger partial charge in [0.1, 0.15) is 0 Å². The molecule has 1 saturated heterocycles. The monoisotopic (exact) mass is 402 g/mol. The molecule has 2 aliphatic rings. The van der Waals surface area contributed by atoms with Gasteiger partial charge in [0.25, 0.3) is 5.91 Å². The van der Waals surface area contributed by atoms with Gasteiger partial charge in [-0.2, -0.15) is 4.31 Å². The first-order valence-corrected chi connectivity index (χ1v) is 11.8. The van der Waals surface area contributed by atoms with Gasteiger partial charge in [0.05, 0.1) is 11.4 Å². The second-order valence-corrected chi connectivity index (χ2v) is 9.71. The first-order chi connectivity index (χ1) is 13.5. The van der Waals surface area contributed by atoms with E-state index in [1.54, 1.807) is 33.5 Å². The van der Waals surface area contributed by atoms with E-state index in [1.807, 2.05) is 0 Å². The molecule has 0 unspecified atom stereocenters. The zero-order valence-electron chi connectivity index (χ0n) is 16.5. The van der Waals surface area contributed by atoms with Crippen LogP contribution in [-0.2, 0) is 10.0 Å². The van der Waals surface area contributed by atoms with Crippen molar-refractivity contribution in [2.75, 3.05) is 19.6 Å². The first kappa shape index (κ1) is 20.9. The molecule has 1 aromatic carbocycles. The van der Waals surface area contributed by atoms with Crippen molar-refractivity contribution in [3.05, 3.63) is 29.8 Å². The standard InChI is InChI=1S/C22H30N2O3S/c1-2-16-24(20-10-6-5-7-11-20)22(25)19-12-14-21(15-13-19)28(26,27)23-17-8-3-4-9-18-23/h1,12-15,20H,3-11,16-18H2. The van der Waals surface area contributed by atoms with E-state index in [4.69, 9.17) is 6.42 Å². The molecule has 0 radical (unpaired) electrons. The topological polar surface area (TPSA) is 57.7 Å². The summed E-state index contributed by atoms with van der Waals surface area (Å²) in [6.45, 7) is 1.43. The molecule has 2 fully saturated rings. The number of terminal acetylenes is 1. The van der Waals surface area contributed by atoms with Crippen molar-refractivity contribution in [3.63, 3.8) is 0 Å². The molecule has 0 aromatic heterocycles. The van der Waals surface area contributed by atoms with E-state index in [0.717, 1.165) is 51.4 Å². The number of rotatable bonds is 5. The van der Waals surface area contributed by atoms with Gasteiger partial charge in [-0.25, -0.2) is 8.42 Å². The number of hydrogen-bond acceptors (Lipinski definition) is 3. The Kier molecular flexibility index (Phi) is 7.14. The van der Waals surface area contributed by atoms with E-state index in [0.29, 0.717) is 18.7 Å². The highest BCUT2D eigenvalue weighted by molar-refractivity contribution is 7.89. The Morgan fingerprint density at radius 3 is 2.14 bits per heavy atom. The fourth-order valence-electron chi connectivity index (χ4n) is 4.22. The van der Waals surface area contributed by atoms with Crippen LogP contribution in [0.2, 0.25) is 0 Å². The van der Waals surface area contributed by atoms with Crippen LogP contribution in [0.5, 0.6) is 0 Å². The lowest BCUT2D eigenvalue weighted by atomic mass is 9.93. The normalized spacial score (nSPS) is 19.5. The van der Waals surface area contributed by atoms with Crippen molar-refractivity contribution in [2.24, 2.45) is 0 Å². The number of amides is 1.